The Morgan fingerprint density at radius 3 is 2.95 bits per heavy atom. The summed E-state index contributed by atoms with van der Waals surface area (Å²) in [6.45, 7) is -4.01. The van der Waals surface area contributed by atoms with Gasteiger partial charge < -0.3 is 39.2 Å². The molecule has 3 fully saturated rings. The number of halogens is 1. The Hall–Kier alpha value is -2.27. The van der Waals surface area contributed by atoms with Crippen LogP contribution in [-0.2, 0) is 30.1 Å². The number of H-pyrrole nitrogens is 1. The third kappa shape index (κ3) is 4.94. The summed E-state index contributed by atoms with van der Waals surface area (Å²) >= 11 is 6.75. The summed E-state index contributed by atoms with van der Waals surface area (Å²) in [5, 5.41) is 0.0820. The van der Waals surface area contributed by atoms with Crippen molar-refractivity contribution in [3.63, 3.8) is 0 Å². The van der Waals surface area contributed by atoms with E-state index in [9.17, 15) is 9.69 Å². The number of hydrogen-bond donors (Lipinski definition) is 4. The molecule has 6 N–H and O–H groups in total. The lowest BCUT2D eigenvalue weighted by molar-refractivity contribution is -0.0371. The number of ether oxygens (including phenoxy) is 1. The van der Waals surface area contributed by atoms with Gasteiger partial charge in [0.25, 0.3) is 5.56 Å². The number of thioether (sulfide) groups is 1. The zero-order valence-corrected chi connectivity index (χ0v) is 24.5. The van der Waals surface area contributed by atoms with Gasteiger partial charge in [-0.25, -0.2) is 19.3 Å². The number of imidazole rings is 1. The molecule has 4 aromatic heterocycles. The van der Waals surface area contributed by atoms with Crippen LogP contribution in [0.2, 0.25) is 0 Å². The van der Waals surface area contributed by atoms with E-state index in [2.05, 4.69) is 24.9 Å². The Bertz CT molecular complexity index is 1740. The molecule has 218 valence electrons. The molecule has 0 aromatic carbocycles. The van der Waals surface area contributed by atoms with Crippen LogP contribution < -0.4 is 17.0 Å². The minimum atomic E-state index is -3.82. The van der Waals surface area contributed by atoms with Crippen LogP contribution in [0.4, 0.5) is 16.2 Å². The molecule has 3 aliphatic rings. The number of alkyl halides is 1. The second kappa shape index (κ2) is 10.5. The highest BCUT2D eigenvalue weighted by Gasteiger charge is 2.48. The summed E-state index contributed by atoms with van der Waals surface area (Å²) in [7, 11) is -0.0592. The standard InChI is InChI=1S/C21H24FN9O6P2S2/c22-13-9-5-38-36-12-3-10(20(41-12)31-7-27-14-17(31)28-21(24)29-18(14)32)37-39(33,40)34-4-11(9)35-19(13)30-2-1-8-15(23)25-6-26-16(8)30/h1-2,6-7,9-13,19-20,38H,3-5H2,(H,33,40)(H2,23,25,26)(H3,24,28,29,32)/t9-,10-,11-,12?,13+,19-,20-,39?/m1/s1. The van der Waals surface area contributed by atoms with Crippen LogP contribution in [0.25, 0.3) is 22.2 Å². The van der Waals surface area contributed by atoms with Crippen molar-refractivity contribution in [2.45, 2.75) is 41.8 Å². The highest BCUT2D eigenvalue weighted by molar-refractivity contribution is 8.07. The molecule has 41 heavy (non-hydrogen) atoms. The number of aromatic nitrogens is 7. The molecule has 0 spiro atoms. The lowest BCUT2D eigenvalue weighted by Crippen LogP contribution is -2.29. The first-order valence-electron chi connectivity index (χ1n) is 12.5. The van der Waals surface area contributed by atoms with Crippen molar-refractivity contribution >= 4 is 73.1 Å². The van der Waals surface area contributed by atoms with Gasteiger partial charge >= 0.3 is 6.72 Å². The van der Waals surface area contributed by atoms with Crippen LogP contribution in [0, 0.1) is 5.92 Å². The van der Waals surface area contributed by atoms with Crippen LogP contribution in [0.3, 0.4) is 0 Å². The molecule has 4 aromatic rings. The maximum absolute atomic E-state index is 16.0. The number of aromatic amines is 1. The van der Waals surface area contributed by atoms with E-state index in [0.717, 1.165) is 0 Å². The van der Waals surface area contributed by atoms with Crippen molar-refractivity contribution in [3.8, 4) is 0 Å². The number of rotatable bonds is 2. The molecule has 3 unspecified atom stereocenters. The summed E-state index contributed by atoms with van der Waals surface area (Å²) < 4.78 is 43.2. The Morgan fingerprint density at radius 2 is 2.10 bits per heavy atom. The van der Waals surface area contributed by atoms with Gasteiger partial charge in [-0.3, -0.25) is 14.3 Å². The predicted octanol–water partition coefficient (Wildman–Crippen LogP) is 1.78. The second-order valence-electron chi connectivity index (χ2n) is 9.73. The van der Waals surface area contributed by atoms with Crippen molar-refractivity contribution in [1.29, 1.82) is 0 Å². The van der Waals surface area contributed by atoms with Crippen LogP contribution in [0.15, 0.2) is 29.7 Å². The van der Waals surface area contributed by atoms with E-state index in [1.54, 1.807) is 21.4 Å². The molecule has 2 bridgehead atoms. The Morgan fingerprint density at radius 1 is 1.24 bits per heavy atom. The third-order valence-electron chi connectivity index (χ3n) is 7.25. The maximum Gasteiger partial charge on any atom is 0.324 e. The van der Waals surface area contributed by atoms with Gasteiger partial charge in [0.2, 0.25) is 5.95 Å². The Balaban J connectivity index is 1.15. The normalized spacial score (nSPS) is 35.0. The smallest absolute Gasteiger partial charge is 0.324 e. The fourth-order valence-electron chi connectivity index (χ4n) is 5.35. The number of hydrogen-bond acceptors (Lipinski definition) is 13. The highest BCUT2D eigenvalue weighted by atomic mass is 32.5. The molecule has 20 heteroatoms. The van der Waals surface area contributed by atoms with E-state index in [-0.39, 0.29) is 43.8 Å². The van der Waals surface area contributed by atoms with Gasteiger partial charge in [0.05, 0.1) is 24.4 Å². The molecular formula is C21H24FN9O6P2S2. The monoisotopic (exact) mass is 643 g/mol. The second-order valence-corrected chi connectivity index (χ2v) is 14.7. The van der Waals surface area contributed by atoms with Gasteiger partial charge in [-0.1, -0.05) is 0 Å². The lowest BCUT2D eigenvalue weighted by Gasteiger charge is -2.26. The molecule has 7 rings (SSSR count). The number of nitrogens with zero attached hydrogens (tertiary/aromatic N) is 6. The third-order valence-corrected chi connectivity index (χ3v) is 11.5. The molecule has 7 heterocycles. The van der Waals surface area contributed by atoms with Gasteiger partial charge in [-0.2, -0.15) is 4.98 Å². The van der Waals surface area contributed by atoms with E-state index < -0.39 is 48.2 Å². The van der Waals surface area contributed by atoms with Gasteiger partial charge in [0.1, 0.15) is 34.7 Å². The van der Waals surface area contributed by atoms with E-state index in [0.29, 0.717) is 23.6 Å². The molecule has 9 atom stereocenters. The topological polar surface area (TPSA) is 203 Å². The SMILES string of the molecule is Nc1nc2c(ncn2[C@@H]2SC3C[C@H]2OP(O)(=S)OC[C@H]2O[C@@H](n4ccc5c(N)ncnc54)[C@@H](F)[C@@H]2CPO3)c(=O)[nH]1. The molecular weight excluding hydrogens is 619 g/mol. The number of nitrogens with two attached hydrogens (primary N) is 2. The first kappa shape index (κ1) is 27.6. The van der Waals surface area contributed by atoms with Crippen molar-refractivity contribution in [2.24, 2.45) is 5.92 Å². The van der Waals surface area contributed by atoms with E-state index in [1.165, 1.54) is 24.4 Å². The summed E-state index contributed by atoms with van der Waals surface area (Å²) in [6, 6.07) is 1.71. The number of nitrogens with one attached hydrogen (secondary N) is 1. The van der Waals surface area contributed by atoms with Crippen LogP contribution in [0.1, 0.15) is 18.0 Å². The molecule has 0 saturated carbocycles. The molecule has 0 radical (unpaired) electrons. The van der Waals surface area contributed by atoms with E-state index in [4.69, 9.17) is 41.6 Å². The van der Waals surface area contributed by atoms with Gasteiger partial charge in [-0.05, 0) is 24.0 Å². The Kier molecular flexibility index (Phi) is 7.04. The minimum absolute atomic E-state index is 0.0592. The molecule has 3 aliphatic heterocycles. The van der Waals surface area contributed by atoms with Gasteiger partial charge in [-0.15, -0.1) is 11.8 Å². The van der Waals surface area contributed by atoms with Gasteiger partial charge in [0, 0.05) is 27.3 Å². The van der Waals surface area contributed by atoms with E-state index in [1.807, 2.05) is 0 Å². The lowest BCUT2D eigenvalue weighted by atomic mass is 10.0. The van der Waals surface area contributed by atoms with Crippen LogP contribution in [-0.4, -0.2) is 75.5 Å². The summed E-state index contributed by atoms with van der Waals surface area (Å²) in [4.78, 5) is 42.4. The molecule has 3 saturated heterocycles. The Labute approximate surface area is 241 Å². The number of anilines is 2. The zero-order valence-electron chi connectivity index (χ0n) is 20.9. The minimum Gasteiger partial charge on any atom is -0.383 e. The quantitative estimate of drug-likeness (QED) is 0.230. The summed E-state index contributed by atoms with van der Waals surface area (Å²) in [5.74, 6) is -0.389. The fraction of sp³-hybridized carbons (Fsp3) is 0.476. The van der Waals surface area contributed by atoms with Crippen molar-refractivity contribution in [3.05, 3.63) is 35.3 Å². The first-order chi connectivity index (χ1) is 19.7. The fourth-order valence-corrected chi connectivity index (χ4v) is 9.61. The van der Waals surface area contributed by atoms with Crippen molar-refractivity contribution in [1.82, 2.24) is 34.1 Å². The van der Waals surface area contributed by atoms with Crippen molar-refractivity contribution < 1.29 is 27.6 Å². The number of fused-ring (bicyclic) bond motifs is 5. The largest absolute Gasteiger partial charge is 0.383 e. The number of nitrogen functional groups attached to an aromatic ring is 2. The molecule has 0 amide bonds. The summed E-state index contributed by atoms with van der Waals surface area (Å²) in [5.41, 5.74) is 11.7. The average Bonchev–Trinajstić information content (AvgIpc) is 3.68. The average molecular weight is 644 g/mol. The van der Waals surface area contributed by atoms with Crippen LogP contribution in [0.5, 0.6) is 0 Å². The highest BCUT2D eigenvalue weighted by Crippen LogP contribution is 2.55. The molecule has 0 aliphatic carbocycles. The first-order valence-corrected chi connectivity index (χ1v) is 17.1. The van der Waals surface area contributed by atoms with E-state index >= 15 is 4.39 Å². The van der Waals surface area contributed by atoms with Crippen molar-refractivity contribution in [2.75, 3.05) is 24.2 Å². The van der Waals surface area contributed by atoms with Gasteiger partial charge in [0.15, 0.2) is 23.6 Å². The molecule has 15 nitrogen and oxygen atoms in total. The van der Waals surface area contributed by atoms with Crippen LogP contribution >= 0.6 is 27.3 Å². The predicted molar refractivity (Wildman–Crippen MR) is 153 cm³/mol. The summed E-state index contributed by atoms with van der Waals surface area (Å²) in [6.07, 6.45) is 1.30. The zero-order chi connectivity index (χ0) is 28.5. The maximum atomic E-state index is 16.0.